The van der Waals surface area contributed by atoms with Gasteiger partial charge in [0.2, 0.25) is 0 Å². The number of carbonyl (C=O) groups excluding carboxylic acids is 1. The number of carbonyl (C=O) groups is 1. The number of hydrogen-bond donors (Lipinski definition) is 1. The molecule has 4 rings (SSSR count). The zero-order chi connectivity index (χ0) is 16.7. The molecule has 1 saturated heterocycles. The number of likely N-dealkylation sites (tertiary alicyclic amines) is 1. The normalized spacial score (nSPS) is 28.3. The van der Waals surface area contributed by atoms with Gasteiger partial charge >= 0.3 is 0 Å². The van der Waals surface area contributed by atoms with Gasteiger partial charge in [-0.15, -0.1) is 0 Å². The predicted molar refractivity (Wildman–Crippen MR) is 92.9 cm³/mol. The van der Waals surface area contributed by atoms with Gasteiger partial charge in [0.1, 0.15) is 0 Å². The number of aliphatic hydroxyl groups excluding tert-OH is 1. The third kappa shape index (κ3) is 3.08. The lowest BCUT2D eigenvalue weighted by Gasteiger charge is -2.39. The van der Waals surface area contributed by atoms with E-state index in [9.17, 15) is 9.90 Å². The highest BCUT2D eigenvalue weighted by Crippen LogP contribution is 2.41. The van der Waals surface area contributed by atoms with Crippen molar-refractivity contribution in [2.45, 2.75) is 63.9 Å². The lowest BCUT2D eigenvalue weighted by atomic mass is 9.82. The quantitative estimate of drug-likeness (QED) is 0.926. The Morgan fingerprint density at radius 2 is 1.92 bits per heavy atom. The van der Waals surface area contributed by atoms with Crippen molar-refractivity contribution in [3.8, 4) is 0 Å². The molecule has 1 aromatic heterocycles. The summed E-state index contributed by atoms with van der Waals surface area (Å²) in [5.41, 5.74) is 2.79. The summed E-state index contributed by atoms with van der Waals surface area (Å²) in [5, 5.41) is 10.4. The Bertz CT molecular complexity index is 620. The number of hydrogen-bond acceptors (Lipinski definition) is 3. The summed E-state index contributed by atoms with van der Waals surface area (Å²) < 4.78 is 0. The molecule has 4 nitrogen and oxygen atoms in total. The highest BCUT2D eigenvalue weighted by atomic mass is 16.3. The molecule has 0 radical (unpaired) electrons. The second kappa shape index (κ2) is 6.47. The molecule has 1 N–H and O–H groups in total. The minimum atomic E-state index is -0.240. The first-order chi connectivity index (χ1) is 11.6. The van der Waals surface area contributed by atoms with E-state index >= 15 is 0 Å². The molecule has 1 aromatic rings. The van der Waals surface area contributed by atoms with Crippen LogP contribution in [0.2, 0.25) is 0 Å². The molecule has 24 heavy (non-hydrogen) atoms. The number of piperidine rings is 1. The lowest BCUT2D eigenvalue weighted by molar-refractivity contribution is 0.00296. The first-order valence-electron chi connectivity index (χ1n) is 9.58. The van der Waals surface area contributed by atoms with Crippen LogP contribution in [-0.4, -0.2) is 40.1 Å². The molecule has 0 bridgehead atoms. The highest BCUT2D eigenvalue weighted by Gasteiger charge is 2.38. The number of nitrogens with zero attached hydrogens (tertiary/aromatic N) is 2. The fraction of sp³-hybridized carbons (Fsp3) is 0.700. The van der Waals surface area contributed by atoms with Gasteiger partial charge in [-0.1, -0.05) is 25.7 Å². The Hall–Kier alpha value is -1.42. The van der Waals surface area contributed by atoms with Gasteiger partial charge < -0.3 is 10.0 Å². The van der Waals surface area contributed by atoms with Crippen molar-refractivity contribution >= 4 is 5.91 Å². The molecule has 4 heteroatoms. The van der Waals surface area contributed by atoms with Crippen LogP contribution in [0.15, 0.2) is 12.1 Å². The van der Waals surface area contributed by atoms with Gasteiger partial charge in [-0.2, -0.15) is 0 Å². The van der Waals surface area contributed by atoms with Crippen LogP contribution >= 0.6 is 0 Å². The van der Waals surface area contributed by atoms with Crippen LogP contribution in [0.1, 0.15) is 72.6 Å². The monoisotopic (exact) mass is 328 g/mol. The molecule has 130 valence electrons. The van der Waals surface area contributed by atoms with Crippen molar-refractivity contribution in [2.75, 3.05) is 13.1 Å². The lowest BCUT2D eigenvalue weighted by Crippen LogP contribution is -2.48. The number of amides is 1. The molecule has 2 saturated carbocycles. The molecule has 3 fully saturated rings. The number of rotatable bonds is 3. The molecule has 2 atom stereocenters. The zero-order valence-electron chi connectivity index (χ0n) is 14.6. The third-order valence-corrected chi connectivity index (χ3v) is 6.17. The number of pyridine rings is 1. The van der Waals surface area contributed by atoms with Crippen molar-refractivity contribution in [2.24, 2.45) is 11.8 Å². The molecule has 2 aliphatic carbocycles. The average Bonchev–Trinajstić information content (AvgIpc) is 3.29. The smallest absolute Gasteiger partial charge is 0.255 e. The van der Waals surface area contributed by atoms with Crippen molar-refractivity contribution in [1.82, 2.24) is 9.88 Å². The summed E-state index contributed by atoms with van der Waals surface area (Å²) in [6.45, 7) is 3.37. The summed E-state index contributed by atoms with van der Waals surface area (Å²) in [7, 11) is 0. The second-order valence-corrected chi connectivity index (χ2v) is 7.98. The van der Waals surface area contributed by atoms with Gasteiger partial charge in [-0.3, -0.25) is 9.78 Å². The number of aryl methyl sites for hydroxylation is 1. The van der Waals surface area contributed by atoms with Crippen LogP contribution in [0.3, 0.4) is 0 Å². The van der Waals surface area contributed by atoms with Crippen LogP contribution in [-0.2, 0) is 0 Å². The summed E-state index contributed by atoms with van der Waals surface area (Å²) in [6.07, 6.45) is 7.75. The highest BCUT2D eigenvalue weighted by molar-refractivity contribution is 5.95. The molecular formula is C20H28N2O2. The van der Waals surface area contributed by atoms with Crippen molar-refractivity contribution < 1.29 is 9.90 Å². The Balaban J connectivity index is 1.54. The Morgan fingerprint density at radius 1 is 1.17 bits per heavy atom. The summed E-state index contributed by atoms with van der Waals surface area (Å²) in [6, 6.07) is 3.92. The standard InChI is InChI=1S/C20H28N2O2/c1-13-6-9-16(19(21-13)15-7-8-15)20(24)22-11-10-18(23)17(12-22)14-4-2-3-5-14/h6,9,14-15,17-18,23H,2-5,7-8,10-12H2,1H3/t17-,18+/m0/s1. The Labute approximate surface area is 144 Å². The van der Waals surface area contributed by atoms with Gasteiger partial charge in [-0.25, -0.2) is 0 Å². The summed E-state index contributed by atoms with van der Waals surface area (Å²) >= 11 is 0. The van der Waals surface area contributed by atoms with Crippen LogP contribution in [0.4, 0.5) is 0 Å². The molecule has 0 aromatic carbocycles. The van der Waals surface area contributed by atoms with E-state index in [0.29, 0.717) is 31.3 Å². The fourth-order valence-electron chi connectivity index (χ4n) is 4.60. The summed E-state index contributed by atoms with van der Waals surface area (Å²) in [4.78, 5) is 19.8. The van der Waals surface area contributed by atoms with E-state index in [1.807, 2.05) is 24.0 Å². The van der Waals surface area contributed by atoms with Crippen LogP contribution in [0.25, 0.3) is 0 Å². The van der Waals surface area contributed by atoms with Gasteiger partial charge in [0, 0.05) is 30.6 Å². The summed E-state index contributed by atoms with van der Waals surface area (Å²) in [5.74, 6) is 1.45. The van der Waals surface area contributed by atoms with Gasteiger partial charge in [0.25, 0.3) is 5.91 Å². The van der Waals surface area contributed by atoms with E-state index in [4.69, 9.17) is 0 Å². The van der Waals surface area contributed by atoms with Gasteiger partial charge in [0.15, 0.2) is 0 Å². The van der Waals surface area contributed by atoms with Crippen LogP contribution < -0.4 is 0 Å². The van der Waals surface area contributed by atoms with E-state index in [1.54, 1.807) is 0 Å². The first kappa shape index (κ1) is 16.1. The maximum absolute atomic E-state index is 13.1. The van der Waals surface area contributed by atoms with E-state index in [2.05, 4.69) is 4.98 Å². The van der Waals surface area contributed by atoms with E-state index in [1.165, 1.54) is 25.7 Å². The van der Waals surface area contributed by atoms with Crippen LogP contribution in [0, 0.1) is 18.8 Å². The molecule has 0 unspecified atom stereocenters. The van der Waals surface area contributed by atoms with Gasteiger partial charge in [0.05, 0.1) is 17.4 Å². The maximum Gasteiger partial charge on any atom is 0.255 e. The SMILES string of the molecule is Cc1ccc(C(=O)N2CC[C@@H](O)[C@H](C3CCCC3)C2)c(C2CC2)n1. The number of aliphatic hydroxyl groups is 1. The van der Waals surface area contributed by atoms with E-state index in [-0.39, 0.29) is 17.9 Å². The minimum Gasteiger partial charge on any atom is -0.393 e. The molecule has 3 aliphatic rings. The Morgan fingerprint density at radius 3 is 2.62 bits per heavy atom. The molecular weight excluding hydrogens is 300 g/mol. The van der Waals surface area contributed by atoms with Crippen LogP contribution in [0.5, 0.6) is 0 Å². The second-order valence-electron chi connectivity index (χ2n) is 7.98. The Kier molecular flexibility index (Phi) is 4.33. The molecule has 1 aliphatic heterocycles. The largest absolute Gasteiger partial charge is 0.393 e. The third-order valence-electron chi connectivity index (χ3n) is 6.17. The minimum absolute atomic E-state index is 0.124. The van der Waals surface area contributed by atoms with Gasteiger partial charge in [-0.05, 0) is 44.2 Å². The van der Waals surface area contributed by atoms with E-state index < -0.39 is 0 Å². The van der Waals surface area contributed by atoms with Crippen molar-refractivity contribution in [3.05, 3.63) is 29.1 Å². The van der Waals surface area contributed by atoms with E-state index in [0.717, 1.165) is 29.8 Å². The molecule has 1 amide bonds. The fourth-order valence-corrected chi connectivity index (χ4v) is 4.60. The molecule has 0 spiro atoms. The van der Waals surface area contributed by atoms with Crippen molar-refractivity contribution in [3.63, 3.8) is 0 Å². The topological polar surface area (TPSA) is 53.4 Å². The van der Waals surface area contributed by atoms with Crippen molar-refractivity contribution in [1.29, 1.82) is 0 Å². The number of aromatic nitrogens is 1. The first-order valence-corrected chi connectivity index (χ1v) is 9.58. The predicted octanol–water partition coefficient (Wildman–Crippen LogP) is 3.28. The molecule has 2 heterocycles. The maximum atomic E-state index is 13.1. The zero-order valence-corrected chi connectivity index (χ0v) is 14.6. The average molecular weight is 328 g/mol.